The van der Waals surface area contributed by atoms with Crippen molar-refractivity contribution >= 4 is 11.8 Å². The molecule has 4 heteroatoms. The Morgan fingerprint density at radius 1 is 1.56 bits per heavy atom. The van der Waals surface area contributed by atoms with Gasteiger partial charge in [-0.2, -0.15) is 11.8 Å². The average molecular weight is 268 g/mol. The van der Waals surface area contributed by atoms with Crippen molar-refractivity contribution in [3.8, 4) is 0 Å². The maximum atomic E-state index is 6.32. The molecule has 2 atom stereocenters. The predicted molar refractivity (Wildman–Crippen MR) is 77.8 cm³/mol. The van der Waals surface area contributed by atoms with Crippen molar-refractivity contribution in [3.63, 3.8) is 0 Å². The van der Waals surface area contributed by atoms with Gasteiger partial charge in [0.2, 0.25) is 0 Å². The summed E-state index contributed by atoms with van der Waals surface area (Å²) in [7, 11) is 0. The number of nitrogens with two attached hydrogens (primary N) is 1. The third kappa shape index (κ3) is 3.11. The van der Waals surface area contributed by atoms with Crippen LogP contribution in [0.1, 0.15) is 39.0 Å². The molecule has 1 aromatic rings. The second-order valence-electron chi connectivity index (χ2n) is 5.61. The normalized spacial score (nSPS) is 23.8. The number of hydrogen-bond donors (Lipinski definition) is 1. The molecule has 2 rings (SSSR count). The second-order valence-corrected chi connectivity index (χ2v) is 7.41. The lowest BCUT2D eigenvalue weighted by molar-refractivity contribution is 0.141. The summed E-state index contributed by atoms with van der Waals surface area (Å²) in [5, 5.41) is 0. The van der Waals surface area contributed by atoms with Crippen molar-refractivity contribution < 1.29 is 4.42 Å². The van der Waals surface area contributed by atoms with E-state index in [4.69, 9.17) is 10.2 Å². The molecule has 1 aliphatic heterocycles. The molecule has 3 nitrogen and oxygen atoms in total. The van der Waals surface area contributed by atoms with E-state index in [1.54, 1.807) is 6.26 Å². The molecule has 1 saturated heterocycles. The lowest BCUT2D eigenvalue weighted by Gasteiger charge is -2.42. The molecule has 18 heavy (non-hydrogen) atoms. The molecule has 0 spiro atoms. The van der Waals surface area contributed by atoms with Gasteiger partial charge >= 0.3 is 0 Å². The summed E-state index contributed by atoms with van der Waals surface area (Å²) < 4.78 is 5.91. The van der Waals surface area contributed by atoms with E-state index in [9.17, 15) is 0 Å². The summed E-state index contributed by atoms with van der Waals surface area (Å²) in [5.41, 5.74) is 6.32. The molecule has 0 amide bonds. The molecule has 1 aromatic heterocycles. The first-order valence-electron chi connectivity index (χ1n) is 6.70. The summed E-state index contributed by atoms with van der Waals surface area (Å²) in [6.07, 6.45) is 2.71. The Morgan fingerprint density at radius 3 is 2.89 bits per heavy atom. The van der Waals surface area contributed by atoms with E-state index in [0.29, 0.717) is 4.75 Å². The monoisotopic (exact) mass is 268 g/mol. The van der Waals surface area contributed by atoms with Crippen LogP contribution in [0, 0.1) is 0 Å². The summed E-state index contributed by atoms with van der Waals surface area (Å²) >= 11 is 2.04. The third-order valence-electron chi connectivity index (χ3n) is 3.56. The van der Waals surface area contributed by atoms with Crippen LogP contribution in [0.5, 0.6) is 0 Å². The minimum Gasteiger partial charge on any atom is -0.468 e. The lowest BCUT2D eigenvalue weighted by atomic mass is 10.0. The van der Waals surface area contributed by atoms with E-state index in [2.05, 4.69) is 31.7 Å². The highest BCUT2D eigenvalue weighted by Crippen LogP contribution is 2.35. The van der Waals surface area contributed by atoms with Gasteiger partial charge in [0.15, 0.2) is 0 Å². The van der Waals surface area contributed by atoms with Gasteiger partial charge < -0.3 is 10.2 Å². The third-order valence-corrected chi connectivity index (χ3v) is 4.86. The first-order chi connectivity index (χ1) is 8.53. The largest absolute Gasteiger partial charge is 0.468 e. The minimum atomic E-state index is 0.134. The molecule has 1 fully saturated rings. The van der Waals surface area contributed by atoms with Gasteiger partial charge in [-0.3, -0.25) is 4.90 Å². The van der Waals surface area contributed by atoms with Gasteiger partial charge in [0, 0.05) is 29.6 Å². The Hall–Kier alpha value is -0.450. The van der Waals surface area contributed by atoms with E-state index >= 15 is 0 Å². The molecular formula is C14H24N2OS. The molecule has 0 bridgehead atoms. The van der Waals surface area contributed by atoms with Crippen LogP contribution in [-0.4, -0.2) is 34.5 Å². The molecule has 1 aliphatic rings. The Kier molecular flexibility index (Phi) is 4.41. The van der Waals surface area contributed by atoms with Gasteiger partial charge in [0.1, 0.15) is 5.76 Å². The maximum Gasteiger partial charge on any atom is 0.122 e. The molecule has 2 heterocycles. The quantitative estimate of drug-likeness (QED) is 0.912. The van der Waals surface area contributed by atoms with Crippen LogP contribution in [0.3, 0.4) is 0 Å². The van der Waals surface area contributed by atoms with Crippen LogP contribution in [0.2, 0.25) is 0 Å². The van der Waals surface area contributed by atoms with Gasteiger partial charge in [-0.15, -0.1) is 0 Å². The highest BCUT2D eigenvalue weighted by molar-refractivity contribution is 8.00. The zero-order valence-corrected chi connectivity index (χ0v) is 12.4. The first-order valence-corrected chi connectivity index (χ1v) is 7.69. The summed E-state index contributed by atoms with van der Waals surface area (Å²) in [6.45, 7) is 8.91. The van der Waals surface area contributed by atoms with Crippen LogP contribution < -0.4 is 5.73 Å². The fourth-order valence-electron chi connectivity index (χ4n) is 2.63. The average Bonchev–Trinajstić information content (AvgIpc) is 2.81. The Bertz CT molecular complexity index is 364. The minimum absolute atomic E-state index is 0.134. The van der Waals surface area contributed by atoms with Gasteiger partial charge in [-0.25, -0.2) is 0 Å². The highest BCUT2D eigenvalue weighted by atomic mass is 32.2. The summed E-state index contributed by atoms with van der Waals surface area (Å²) in [5.74, 6) is 2.17. The van der Waals surface area contributed by atoms with Crippen LogP contribution in [0.25, 0.3) is 0 Å². The van der Waals surface area contributed by atoms with E-state index in [-0.39, 0.29) is 12.1 Å². The Balaban J connectivity index is 2.19. The molecule has 102 valence electrons. The van der Waals surface area contributed by atoms with Crippen molar-refractivity contribution in [2.45, 2.75) is 44.0 Å². The summed E-state index contributed by atoms with van der Waals surface area (Å²) in [4.78, 5) is 2.49. The molecule has 0 saturated carbocycles. The first kappa shape index (κ1) is 14.0. The van der Waals surface area contributed by atoms with Crippen LogP contribution in [-0.2, 0) is 0 Å². The van der Waals surface area contributed by atoms with Crippen molar-refractivity contribution in [1.29, 1.82) is 0 Å². The Labute approximate surface area is 114 Å². The molecule has 2 unspecified atom stereocenters. The molecule has 2 N–H and O–H groups in total. The summed E-state index contributed by atoms with van der Waals surface area (Å²) in [6, 6.07) is 4.35. The van der Waals surface area contributed by atoms with Crippen molar-refractivity contribution in [2.24, 2.45) is 5.73 Å². The van der Waals surface area contributed by atoms with Crippen molar-refractivity contribution in [1.82, 2.24) is 4.90 Å². The van der Waals surface area contributed by atoms with Gasteiger partial charge in [0.05, 0.1) is 12.3 Å². The fraction of sp³-hybridized carbons (Fsp3) is 0.714. The smallest absolute Gasteiger partial charge is 0.122 e. The van der Waals surface area contributed by atoms with E-state index < -0.39 is 0 Å². The lowest BCUT2D eigenvalue weighted by Crippen LogP contribution is -2.49. The highest BCUT2D eigenvalue weighted by Gasteiger charge is 2.35. The Morgan fingerprint density at radius 2 is 2.33 bits per heavy atom. The van der Waals surface area contributed by atoms with Crippen LogP contribution in [0.15, 0.2) is 22.8 Å². The van der Waals surface area contributed by atoms with Crippen molar-refractivity contribution in [2.75, 3.05) is 18.8 Å². The van der Waals surface area contributed by atoms with E-state index in [1.165, 1.54) is 5.75 Å². The number of nitrogens with zero attached hydrogens (tertiary/aromatic N) is 1. The van der Waals surface area contributed by atoms with Crippen LogP contribution in [0.4, 0.5) is 0 Å². The van der Waals surface area contributed by atoms with Gasteiger partial charge in [0.25, 0.3) is 0 Å². The molecular weight excluding hydrogens is 244 g/mol. The standard InChI is InChI=1S/C14H24N2OS/c1-4-11(15)13(12-6-5-8-17-12)16-7-9-18-14(2,3)10-16/h5-6,8,11,13H,4,7,9-10,15H2,1-3H3. The second kappa shape index (κ2) is 5.68. The fourth-order valence-corrected chi connectivity index (χ4v) is 3.77. The van der Waals surface area contributed by atoms with E-state index in [1.807, 2.05) is 17.8 Å². The topological polar surface area (TPSA) is 42.4 Å². The molecule has 0 radical (unpaired) electrons. The number of rotatable bonds is 4. The zero-order valence-electron chi connectivity index (χ0n) is 11.6. The SMILES string of the molecule is CCC(N)C(c1ccco1)N1CCSC(C)(C)C1. The van der Waals surface area contributed by atoms with Gasteiger partial charge in [-0.1, -0.05) is 6.92 Å². The van der Waals surface area contributed by atoms with Crippen molar-refractivity contribution in [3.05, 3.63) is 24.2 Å². The molecule has 0 aliphatic carbocycles. The van der Waals surface area contributed by atoms with E-state index in [0.717, 1.165) is 25.3 Å². The maximum absolute atomic E-state index is 6.32. The number of hydrogen-bond acceptors (Lipinski definition) is 4. The molecule has 0 aromatic carbocycles. The van der Waals surface area contributed by atoms with Crippen LogP contribution >= 0.6 is 11.8 Å². The number of thioether (sulfide) groups is 1. The number of furan rings is 1. The predicted octanol–water partition coefficient (Wildman–Crippen LogP) is 2.89. The van der Waals surface area contributed by atoms with Gasteiger partial charge in [-0.05, 0) is 32.4 Å². The zero-order chi connectivity index (χ0) is 13.2.